The van der Waals surface area contributed by atoms with E-state index < -0.39 is 0 Å². The summed E-state index contributed by atoms with van der Waals surface area (Å²) in [6, 6.07) is 7.26. The molecule has 0 radical (unpaired) electrons. The first-order valence-electron chi connectivity index (χ1n) is 5.04. The van der Waals surface area contributed by atoms with Gasteiger partial charge in [-0.1, -0.05) is 17.3 Å². The molecular weight excluding hydrogens is 209 g/mol. The first-order chi connectivity index (χ1) is 7.69. The number of rotatable bonds is 5. The molecule has 0 heterocycles. The molecule has 0 amide bonds. The maximum Gasteiger partial charge on any atom is 0.170 e. The average Bonchev–Trinajstić information content (AvgIpc) is 2.35. The summed E-state index contributed by atoms with van der Waals surface area (Å²) >= 11 is 0. The van der Waals surface area contributed by atoms with Crippen LogP contribution in [0, 0.1) is 0 Å². The third-order valence-electron chi connectivity index (χ3n) is 2.32. The Balaban J connectivity index is 2.81. The summed E-state index contributed by atoms with van der Waals surface area (Å²) in [6.45, 7) is 0.306. The highest BCUT2D eigenvalue weighted by Crippen LogP contribution is 2.14. The highest BCUT2D eigenvalue weighted by Gasteiger charge is 2.04. The molecule has 4 nitrogen and oxygen atoms in total. The van der Waals surface area contributed by atoms with Crippen LogP contribution in [0.5, 0.6) is 0 Å². The van der Waals surface area contributed by atoms with E-state index in [1.165, 1.54) is 0 Å². The van der Waals surface area contributed by atoms with E-state index in [1.54, 1.807) is 12.1 Å². The fraction of sp³-hybridized carbons (Fsp3) is 0.364. The van der Waals surface area contributed by atoms with E-state index in [9.17, 15) is 4.39 Å². The van der Waals surface area contributed by atoms with Crippen LogP contribution in [-0.2, 0) is 0 Å². The molecule has 5 heteroatoms. The minimum absolute atomic E-state index is 0.0701. The molecule has 16 heavy (non-hydrogen) atoms. The summed E-state index contributed by atoms with van der Waals surface area (Å²) in [5.41, 5.74) is 7.04. The van der Waals surface area contributed by atoms with Gasteiger partial charge in [0.1, 0.15) is 0 Å². The zero-order chi connectivity index (χ0) is 12.0. The normalized spacial score (nSPS) is 11.5. The Morgan fingerprint density at radius 1 is 1.56 bits per heavy atom. The van der Waals surface area contributed by atoms with E-state index in [1.807, 2.05) is 24.1 Å². The van der Waals surface area contributed by atoms with Crippen molar-refractivity contribution in [3.05, 3.63) is 29.8 Å². The van der Waals surface area contributed by atoms with Gasteiger partial charge < -0.3 is 15.8 Å². The van der Waals surface area contributed by atoms with Crippen LogP contribution < -0.4 is 10.6 Å². The number of benzene rings is 1. The molecule has 0 bridgehead atoms. The van der Waals surface area contributed by atoms with Crippen molar-refractivity contribution < 1.29 is 9.60 Å². The fourth-order valence-electron chi connectivity index (χ4n) is 1.39. The molecule has 1 aromatic carbocycles. The van der Waals surface area contributed by atoms with E-state index >= 15 is 0 Å². The molecule has 0 aromatic heterocycles. The third kappa shape index (κ3) is 3.12. The van der Waals surface area contributed by atoms with Gasteiger partial charge in [-0.2, -0.15) is 0 Å². The van der Waals surface area contributed by atoms with Crippen LogP contribution in [0.3, 0.4) is 0 Å². The molecular formula is C11H16FN3O. The molecule has 1 rings (SSSR count). The predicted molar refractivity (Wildman–Crippen MR) is 62.8 cm³/mol. The molecule has 0 saturated heterocycles. The van der Waals surface area contributed by atoms with Gasteiger partial charge >= 0.3 is 0 Å². The first kappa shape index (κ1) is 12.3. The van der Waals surface area contributed by atoms with Gasteiger partial charge in [-0.15, -0.1) is 0 Å². The van der Waals surface area contributed by atoms with Crippen molar-refractivity contribution in [1.29, 1.82) is 0 Å². The van der Waals surface area contributed by atoms with Gasteiger partial charge in [0.2, 0.25) is 0 Å². The Kier molecular flexibility index (Phi) is 4.57. The van der Waals surface area contributed by atoms with Crippen LogP contribution in [-0.4, -0.2) is 31.3 Å². The van der Waals surface area contributed by atoms with Crippen LogP contribution in [0.15, 0.2) is 29.4 Å². The summed E-state index contributed by atoms with van der Waals surface area (Å²) in [7, 11) is 1.88. The molecule has 1 aromatic rings. The third-order valence-corrected chi connectivity index (χ3v) is 2.32. The number of hydrogen-bond acceptors (Lipinski definition) is 3. The Morgan fingerprint density at radius 2 is 2.31 bits per heavy atom. The summed E-state index contributed by atoms with van der Waals surface area (Å²) in [5.74, 6) is 0.0701. The highest BCUT2D eigenvalue weighted by molar-refractivity contribution is 5.97. The second-order valence-corrected chi connectivity index (χ2v) is 3.50. The van der Waals surface area contributed by atoms with Crippen molar-refractivity contribution in [1.82, 2.24) is 0 Å². The number of halogens is 1. The second kappa shape index (κ2) is 5.95. The van der Waals surface area contributed by atoms with Gasteiger partial charge in [0.15, 0.2) is 5.84 Å². The van der Waals surface area contributed by atoms with E-state index in [-0.39, 0.29) is 12.5 Å². The maximum absolute atomic E-state index is 12.0. The largest absolute Gasteiger partial charge is 0.409 e. The zero-order valence-corrected chi connectivity index (χ0v) is 9.23. The Morgan fingerprint density at radius 3 is 2.94 bits per heavy atom. The monoisotopic (exact) mass is 225 g/mol. The van der Waals surface area contributed by atoms with Gasteiger partial charge in [0.05, 0.1) is 6.67 Å². The second-order valence-electron chi connectivity index (χ2n) is 3.50. The summed E-state index contributed by atoms with van der Waals surface area (Å²) in [4.78, 5) is 1.92. The summed E-state index contributed by atoms with van der Waals surface area (Å²) in [5, 5.41) is 11.5. The predicted octanol–water partition coefficient (Wildman–Crippen LogP) is 1.58. The lowest BCUT2D eigenvalue weighted by Gasteiger charge is -2.19. The zero-order valence-electron chi connectivity index (χ0n) is 9.23. The number of anilines is 1. The van der Waals surface area contributed by atoms with Crippen LogP contribution in [0.4, 0.5) is 10.1 Å². The van der Waals surface area contributed by atoms with Crippen LogP contribution in [0.25, 0.3) is 0 Å². The standard InChI is InChI=1S/C11H16FN3O/c1-15(7-3-6-12)10-5-2-4-9(8-10)11(13)14-16/h2,4-5,8,16H,3,6-7H2,1H3,(H2,13,14). The number of alkyl halides is 1. The van der Waals surface area contributed by atoms with Crippen molar-refractivity contribution in [3.8, 4) is 0 Å². The number of nitrogens with two attached hydrogens (primary N) is 1. The molecule has 0 unspecified atom stereocenters. The van der Waals surface area contributed by atoms with E-state index in [0.29, 0.717) is 18.5 Å². The van der Waals surface area contributed by atoms with Crippen molar-refractivity contribution in [2.24, 2.45) is 10.9 Å². The fourth-order valence-corrected chi connectivity index (χ4v) is 1.39. The molecule has 88 valence electrons. The lowest BCUT2D eigenvalue weighted by Crippen LogP contribution is -2.20. The molecule has 0 fully saturated rings. The Bertz CT molecular complexity index is 368. The molecule has 0 atom stereocenters. The van der Waals surface area contributed by atoms with Crippen molar-refractivity contribution in [3.63, 3.8) is 0 Å². The van der Waals surface area contributed by atoms with Crippen LogP contribution in [0.1, 0.15) is 12.0 Å². The number of nitrogens with zero attached hydrogens (tertiary/aromatic N) is 2. The lowest BCUT2D eigenvalue weighted by molar-refractivity contribution is 0.318. The molecule has 0 spiro atoms. The minimum atomic E-state index is -0.329. The highest BCUT2D eigenvalue weighted by atomic mass is 19.1. The molecule has 3 N–H and O–H groups in total. The molecule has 0 aliphatic carbocycles. The van der Waals surface area contributed by atoms with Crippen molar-refractivity contribution >= 4 is 11.5 Å². The quantitative estimate of drug-likeness (QED) is 0.346. The number of hydrogen-bond donors (Lipinski definition) is 2. The van der Waals surface area contributed by atoms with Crippen molar-refractivity contribution in [2.75, 3.05) is 25.2 Å². The smallest absolute Gasteiger partial charge is 0.170 e. The van der Waals surface area contributed by atoms with Gasteiger partial charge in [0, 0.05) is 24.8 Å². The topological polar surface area (TPSA) is 61.8 Å². The minimum Gasteiger partial charge on any atom is -0.409 e. The SMILES string of the molecule is CN(CCCF)c1cccc(/C(N)=N/O)c1. The number of oxime groups is 1. The Hall–Kier alpha value is -1.78. The Labute approximate surface area is 94.2 Å². The van der Waals surface area contributed by atoms with E-state index in [0.717, 1.165) is 5.69 Å². The van der Waals surface area contributed by atoms with Crippen molar-refractivity contribution in [2.45, 2.75) is 6.42 Å². The summed E-state index contributed by atoms with van der Waals surface area (Å²) in [6.07, 6.45) is 0.490. The maximum atomic E-state index is 12.0. The first-order valence-corrected chi connectivity index (χ1v) is 5.04. The molecule has 0 saturated carbocycles. The number of amidine groups is 1. The molecule has 0 aliphatic heterocycles. The van der Waals surface area contributed by atoms with Gasteiger partial charge in [0.25, 0.3) is 0 Å². The van der Waals surface area contributed by atoms with Gasteiger partial charge in [-0.25, -0.2) is 0 Å². The molecule has 0 aliphatic rings. The van der Waals surface area contributed by atoms with Crippen LogP contribution >= 0.6 is 0 Å². The van der Waals surface area contributed by atoms with E-state index in [4.69, 9.17) is 10.9 Å². The van der Waals surface area contributed by atoms with E-state index in [2.05, 4.69) is 5.16 Å². The van der Waals surface area contributed by atoms with Gasteiger partial charge in [-0.3, -0.25) is 4.39 Å². The average molecular weight is 225 g/mol. The summed E-state index contributed by atoms with van der Waals surface area (Å²) < 4.78 is 12.0. The van der Waals surface area contributed by atoms with Gasteiger partial charge in [-0.05, 0) is 18.6 Å². The van der Waals surface area contributed by atoms with Crippen LogP contribution in [0.2, 0.25) is 0 Å². The lowest BCUT2D eigenvalue weighted by atomic mass is 10.1.